The van der Waals surface area contributed by atoms with E-state index < -0.39 is 12.0 Å². The number of ether oxygens (including phenoxy) is 2. The van der Waals surface area contributed by atoms with Crippen LogP contribution in [0.4, 0.5) is 8.78 Å². The predicted octanol–water partition coefficient (Wildman–Crippen LogP) is 2.62. The zero-order valence-electron chi connectivity index (χ0n) is 16.4. The fourth-order valence-electron chi connectivity index (χ4n) is 4.93. The van der Waals surface area contributed by atoms with Gasteiger partial charge in [0.05, 0.1) is 20.2 Å². The molecule has 4 rings (SSSR count). The molecule has 5 nitrogen and oxygen atoms in total. The number of rotatable bonds is 8. The van der Waals surface area contributed by atoms with Crippen molar-refractivity contribution in [2.75, 3.05) is 46.4 Å². The number of aliphatic hydroxyl groups is 1. The molecule has 0 radical (unpaired) electrons. The van der Waals surface area contributed by atoms with Gasteiger partial charge < -0.3 is 19.5 Å². The summed E-state index contributed by atoms with van der Waals surface area (Å²) in [5, 5.41) is 10.4. The number of benzene rings is 1. The highest BCUT2D eigenvalue weighted by atomic mass is 19.3. The SMILES string of the molecule is COc1ccc(CN2CC(F)(F)C2)cc1OCC(O)CN1C[C@H]2CCC[C@H]2C1. The molecular formula is C21H30F2N2O3. The molecule has 1 N–H and O–H groups in total. The summed E-state index contributed by atoms with van der Waals surface area (Å²) in [6.45, 7) is 3.03. The van der Waals surface area contributed by atoms with Gasteiger partial charge in [-0.2, -0.15) is 0 Å². The minimum atomic E-state index is -2.57. The van der Waals surface area contributed by atoms with Gasteiger partial charge in [0.25, 0.3) is 5.92 Å². The number of nitrogens with zero attached hydrogens (tertiary/aromatic N) is 2. The van der Waals surface area contributed by atoms with Gasteiger partial charge in [0.1, 0.15) is 12.7 Å². The van der Waals surface area contributed by atoms with Gasteiger partial charge in [-0.15, -0.1) is 0 Å². The smallest absolute Gasteiger partial charge is 0.272 e. The van der Waals surface area contributed by atoms with Gasteiger partial charge in [-0.05, 0) is 42.4 Å². The minimum Gasteiger partial charge on any atom is -0.493 e. The van der Waals surface area contributed by atoms with Gasteiger partial charge in [-0.3, -0.25) is 4.90 Å². The molecule has 7 heteroatoms. The monoisotopic (exact) mass is 396 g/mol. The zero-order valence-corrected chi connectivity index (χ0v) is 16.4. The molecule has 0 bridgehead atoms. The molecule has 2 saturated heterocycles. The first-order chi connectivity index (χ1) is 13.4. The van der Waals surface area contributed by atoms with E-state index in [1.165, 1.54) is 19.3 Å². The van der Waals surface area contributed by atoms with Crippen molar-refractivity contribution in [1.82, 2.24) is 9.80 Å². The summed E-state index contributed by atoms with van der Waals surface area (Å²) < 4.78 is 37.2. The lowest BCUT2D eigenvalue weighted by atomic mass is 10.0. The lowest BCUT2D eigenvalue weighted by molar-refractivity contribution is -0.133. The van der Waals surface area contributed by atoms with Crippen LogP contribution in [0.15, 0.2) is 18.2 Å². The van der Waals surface area contributed by atoms with E-state index in [1.807, 2.05) is 12.1 Å². The van der Waals surface area contributed by atoms with Crippen LogP contribution in [-0.4, -0.2) is 73.4 Å². The van der Waals surface area contributed by atoms with E-state index in [0.29, 0.717) is 24.6 Å². The van der Waals surface area contributed by atoms with Crippen LogP contribution in [0.3, 0.4) is 0 Å². The number of hydrogen-bond donors (Lipinski definition) is 1. The average Bonchev–Trinajstić information content (AvgIpc) is 3.20. The van der Waals surface area contributed by atoms with Gasteiger partial charge in [-0.1, -0.05) is 12.5 Å². The third-order valence-corrected chi connectivity index (χ3v) is 6.25. The molecule has 3 aliphatic rings. The van der Waals surface area contributed by atoms with E-state index >= 15 is 0 Å². The van der Waals surface area contributed by atoms with Crippen molar-refractivity contribution in [3.05, 3.63) is 23.8 Å². The van der Waals surface area contributed by atoms with Crippen molar-refractivity contribution in [3.63, 3.8) is 0 Å². The van der Waals surface area contributed by atoms with E-state index in [2.05, 4.69) is 4.90 Å². The van der Waals surface area contributed by atoms with Crippen LogP contribution in [0.2, 0.25) is 0 Å². The number of methoxy groups -OCH3 is 1. The Hall–Kier alpha value is -1.44. The lowest BCUT2D eigenvalue weighted by Crippen LogP contribution is -2.55. The summed E-state index contributed by atoms with van der Waals surface area (Å²) in [5.74, 6) is 0.173. The van der Waals surface area contributed by atoms with Crippen LogP contribution in [-0.2, 0) is 6.54 Å². The zero-order chi connectivity index (χ0) is 19.7. The number of β-amino-alcohol motifs (C(OH)–C–C–N with tert-alkyl or cyclic N) is 1. The van der Waals surface area contributed by atoms with E-state index in [0.717, 1.165) is 30.5 Å². The second-order valence-corrected chi connectivity index (χ2v) is 8.62. The maximum atomic E-state index is 13.0. The number of fused-ring (bicyclic) bond motifs is 1. The van der Waals surface area contributed by atoms with Crippen molar-refractivity contribution >= 4 is 0 Å². The molecule has 0 amide bonds. The molecule has 3 atom stereocenters. The van der Waals surface area contributed by atoms with E-state index in [-0.39, 0.29) is 19.7 Å². The second-order valence-electron chi connectivity index (χ2n) is 8.62. The largest absolute Gasteiger partial charge is 0.493 e. The van der Waals surface area contributed by atoms with Gasteiger partial charge in [0, 0.05) is 26.2 Å². The molecule has 28 heavy (non-hydrogen) atoms. The highest BCUT2D eigenvalue weighted by molar-refractivity contribution is 5.43. The Morgan fingerprint density at radius 2 is 1.86 bits per heavy atom. The molecule has 2 aliphatic heterocycles. The summed E-state index contributed by atoms with van der Waals surface area (Å²) in [6, 6.07) is 5.47. The molecule has 1 unspecified atom stereocenters. The Kier molecular flexibility index (Phi) is 5.76. The average molecular weight is 396 g/mol. The predicted molar refractivity (Wildman–Crippen MR) is 102 cm³/mol. The van der Waals surface area contributed by atoms with Gasteiger partial charge in [0.15, 0.2) is 11.5 Å². The number of likely N-dealkylation sites (tertiary alicyclic amines) is 2. The molecule has 1 saturated carbocycles. The highest BCUT2D eigenvalue weighted by Gasteiger charge is 2.43. The van der Waals surface area contributed by atoms with E-state index in [4.69, 9.17) is 9.47 Å². The van der Waals surface area contributed by atoms with Crippen molar-refractivity contribution in [3.8, 4) is 11.5 Å². The maximum absolute atomic E-state index is 13.0. The van der Waals surface area contributed by atoms with Gasteiger partial charge in [-0.25, -0.2) is 8.78 Å². The molecule has 0 aromatic heterocycles. The van der Waals surface area contributed by atoms with E-state index in [9.17, 15) is 13.9 Å². The van der Waals surface area contributed by atoms with Crippen LogP contribution >= 0.6 is 0 Å². The Labute approximate surface area is 165 Å². The molecule has 1 aliphatic carbocycles. The van der Waals surface area contributed by atoms with Crippen LogP contribution in [0.25, 0.3) is 0 Å². The van der Waals surface area contributed by atoms with Crippen LogP contribution < -0.4 is 9.47 Å². The normalized spacial score (nSPS) is 28.0. The fourth-order valence-corrected chi connectivity index (χ4v) is 4.93. The van der Waals surface area contributed by atoms with Crippen LogP contribution in [0, 0.1) is 11.8 Å². The Morgan fingerprint density at radius 3 is 2.50 bits per heavy atom. The molecular weight excluding hydrogens is 366 g/mol. The summed E-state index contributed by atoms with van der Waals surface area (Å²) in [4.78, 5) is 4.05. The standard InChI is InChI=1S/C21H30F2N2O3/c1-27-19-6-5-15(8-25-13-21(22,23)14-25)7-20(19)28-12-18(26)11-24-9-16-3-2-4-17(16)10-24/h5-7,16-18,26H,2-4,8-14H2,1H3/t16-,17+,18?. The van der Waals surface area contributed by atoms with Crippen molar-refractivity contribution in [2.45, 2.75) is 37.8 Å². The van der Waals surface area contributed by atoms with Crippen molar-refractivity contribution in [1.29, 1.82) is 0 Å². The van der Waals surface area contributed by atoms with Crippen molar-refractivity contribution < 1.29 is 23.4 Å². The second kappa shape index (κ2) is 8.13. The summed E-state index contributed by atoms with van der Waals surface area (Å²) in [5.41, 5.74) is 0.896. The Balaban J connectivity index is 1.28. The molecule has 156 valence electrons. The topological polar surface area (TPSA) is 45.2 Å². The first-order valence-corrected chi connectivity index (χ1v) is 10.2. The van der Waals surface area contributed by atoms with Crippen LogP contribution in [0.5, 0.6) is 11.5 Å². The number of halogens is 2. The molecule has 0 spiro atoms. The van der Waals surface area contributed by atoms with Crippen LogP contribution in [0.1, 0.15) is 24.8 Å². The molecule has 1 aromatic rings. The number of aliphatic hydroxyl groups excluding tert-OH is 1. The maximum Gasteiger partial charge on any atom is 0.272 e. The number of hydrogen-bond acceptors (Lipinski definition) is 5. The third kappa shape index (κ3) is 4.58. The van der Waals surface area contributed by atoms with Gasteiger partial charge >= 0.3 is 0 Å². The third-order valence-electron chi connectivity index (χ3n) is 6.25. The quantitative estimate of drug-likeness (QED) is 0.732. The van der Waals surface area contributed by atoms with Gasteiger partial charge in [0.2, 0.25) is 0 Å². The summed E-state index contributed by atoms with van der Waals surface area (Å²) in [6.07, 6.45) is 3.42. The summed E-state index contributed by atoms with van der Waals surface area (Å²) >= 11 is 0. The highest BCUT2D eigenvalue weighted by Crippen LogP contribution is 2.37. The molecule has 2 heterocycles. The molecule has 1 aromatic carbocycles. The molecule has 3 fully saturated rings. The van der Waals surface area contributed by atoms with E-state index in [1.54, 1.807) is 18.1 Å². The number of alkyl halides is 2. The Morgan fingerprint density at radius 1 is 1.14 bits per heavy atom. The first-order valence-electron chi connectivity index (χ1n) is 10.2. The lowest BCUT2D eigenvalue weighted by Gasteiger charge is -2.38. The summed E-state index contributed by atoms with van der Waals surface area (Å²) in [7, 11) is 1.57. The van der Waals surface area contributed by atoms with Crippen molar-refractivity contribution in [2.24, 2.45) is 11.8 Å². The first kappa shape index (κ1) is 19.9. The Bertz CT molecular complexity index is 668. The minimum absolute atomic E-state index is 0.188. The fraction of sp³-hybridized carbons (Fsp3) is 0.714.